The van der Waals surface area contributed by atoms with Gasteiger partial charge in [-0.05, 0) is 83.0 Å². The van der Waals surface area contributed by atoms with Gasteiger partial charge in [-0.1, -0.05) is 114 Å². The molecule has 0 amide bonds. The fraction of sp³-hybridized carbons (Fsp3) is 0.118. The molecule has 0 heteroatoms. The molecule has 5 aromatic carbocycles. The third kappa shape index (κ3) is 3.22. The molecule has 0 nitrogen and oxygen atoms in total. The van der Waals surface area contributed by atoms with Gasteiger partial charge < -0.3 is 0 Å². The number of fused-ring (bicyclic) bond motifs is 3. The smallest absolute Gasteiger partial charge is 0.0435 e. The van der Waals surface area contributed by atoms with Crippen molar-refractivity contribution >= 4 is 0 Å². The Hall–Kier alpha value is -3.90. The zero-order chi connectivity index (χ0) is 23.3. The quantitative estimate of drug-likeness (QED) is 0.265. The lowest BCUT2D eigenvalue weighted by atomic mass is 9.73. The Morgan fingerprint density at radius 3 is 1.38 bits per heavy atom. The number of benzene rings is 5. The second-order valence-corrected chi connectivity index (χ2v) is 9.75. The monoisotopic (exact) mass is 436 g/mol. The van der Waals surface area contributed by atoms with Gasteiger partial charge in [0, 0.05) is 5.41 Å². The van der Waals surface area contributed by atoms with E-state index in [2.05, 4.69) is 136 Å². The first-order valence-electron chi connectivity index (χ1n) is 12.0. The highest BCUT2D eigenvalue weighted by molar-refractivity contribution is 5.87. The average Bonchev–Trinajstić information content (AvgIpc) is 3.13. The minimum atomic E-state index is -0.217. The molecular formula is C34H28. The van der Waals surface area contributed by atoms with E-state index in [9.17, 15) is 0 Å². The van der Waals surface area contributed by atoms with E-state index >= 15 is 0 Å². The molecule has 34 heavy (non-hydrogen) atoms. The summed E-state index contributed by atoms with van der Waals surface area (Å²) in [4.78, 5) is 0. The van der Waals surface area contributed by atoms with Gasteiger partial charge in [-0.2, -0.15) is 0 Å². The van der Waals surface area contributed by atoms with Crippen molar-refractivity contribution in [3.8, 4) is 33.4 Å². The van der Waals surface area contributed by atoms with Crippen LogP contribution in [0.25, 0.3) is 33.4 Å². The van der Waals surface area contributed by atoms with E-state index in [1.165, 1.54) is 61.2 Å². The molecule has 1 aliphatic carbocycles. The van der Waals surface area contributed by atoms with Crippen LogP contribution in [0.4, 0.5) is 0 Å². The van der Waals surface area contributed by atoms with E-state index in [0.29, 0.717) is 0 Å². The predicted octanol–water partition coefficient (Wildman–Crippen LogP) is 8.97. The van der Waals surface area contributed by atoms with Crippen LogP contribution in [0.5, 0.6) is 0 Å². The average molecular weight is 437 g/mol. The third-order valence-corrected chi connectivity index (χ3v) is 7.46. The Morgan fingerprint density at radius 1 is 0.441 bits per heavy atom. The molecule has 6 rings (SSSR count). The summed E-state index contributed by atoms with van der Waals surface area (Å²) in [5, 5.41) is 0. The van der Waals surface area contributed by atoms with Crippen molar-refractivity contribution in [2.45, 2.75) is 26.2 Å². The van der Waals surface area contributed by atoms with Crippen LogP contribution in [0.3, 0.4) is 0 Å². The molecule has 0 unspecified atom stereocenters. The summed E-state index contributed by atoms with van der Waals surface area (Å²) in [6.45, 7) is 6.72. The number of aryl methyl sites for hydroxylation is 2. The van der Waals surface area contributed by atoms with Crippen molar-refractivity contribution in [3.05, 3.63) is 143 Å². The van der Waals surface area contributed by atoms with Crippen molar-refractivity contribution in [2.24, 2.45) is 0 Å². The summed E-state index contributed by atoms with van der Waals surface area (Å²) < 4.78 is 0. The van der Waals surface area contributed by atoms with Gasteiger partial charge in [0.1, 0.15) is 0 Å². The van der Waals surface area contributed by atoms with Gasteiger partial charge in [0.25, 0.3) is 0 Å². The second kappa shape index (κ2) is 7.85. The van der Waals surface area contributed by atoms with Gasteiger partial charge in [-0.3, -0.25) is 0 Å². The number of hydrogen-bond acceptors (Lipinski definition) is 0. The molecule has 0 heterocycles. The molecule has 0 N–H and O–H groups in total. The van der Waals surface area contributed by atoms with E-state index in [-0.39, 0.29) is 5.41 Å². The van der Waals surface area contributed by atoms with Crippen LogP contribution in [0.15, 0.2) is 115 Å². The van der Waals surface area contributed by atoms with Crippen molar-refractivity contribution in [1.29, 1.82) is 0 Å². The maximum atomic E-state index is 2.42. The van der Waals surface area contributed by atoms with E-state index in [4.69, 9.17) is 0 Å². The molecule has 0 bridgehead atoms. The molecule has 0 atom stereocenters. The Morgan fingerprint density at radius 2 is 0.912 bits per heavy atom. The third-order valence-electron chi connectivity index (χ3n) is 7.46. The predicted molar refractivity (Wildman–Crippen MR) is 144 cm³/mol. The maximum absolute atomic E-state index is 2.42. The fourth-order valence-corrected chi connectivity index (χ4v) is 5.62. The Bertz CT molecular complexity index is 1430. The van der Waals surface area contributed by atoms with Gasteiger partial charge in [0.2, 0.25) is 0 Å². The highest BCUT2D eigenvalue weighted by Gasteiger charge is 2.41. The first kappa shape index (κ1) is 20.7. The maximum Gasteiger partial charge on any atom is 0.0435 e. The lowest BCUT2D eigenvalue weighted by Crippen LogP contribution is -2.22. The summed E-state index contributed by atoms with van der Waals surface area (Å²) in [7, 11) is 0. The molecule has 0 radical (unpaired) electrons. The molecule has 0 aromatic heterocycles. The van der Waals surface area contributed by atoms with Gasteiger partial charge in [0.05, 0.1) is 0 Å². The zero-order valence-corrected chi connectivity index (χ0v) is 20.0. The Kier molecular flexibility index (Phi) is 4.78. The van der Waals surface area contributed by atoms with Crippen LogP contribution in [0, 0.1) is 13.8 Å². The van der Waals surface area contributed by atoms with Crippen LogP contribution < -0.4 is 0 Å². The van der Waals surface area contributed by atoms with E-state index in [1.807, 2.05) is 0 Å². The normalized spacial score (nSPS) is 13.4. The summed E-state index contributed by atoms with van der Waals surface area (Å²) >= 11 is 0. The van der Waals surface area contributed by atoms with Crippen LogP contribution in [0.1, 0.15) is 34.7 Å². The lowest BCUT2D eigenvalue weighted by Gasteiger charge is -2.29. The van der Waals surface area contributed by atoms with Crippen LogP contribution in [-0.2, 0) is 5.41 Å². The minimum absolute atomic E-state index is 0.217. The minimum Gasteiger partial charge on any atom is -0.0622 e. The standard InChI is InChI=1S/C34H28/c1-23-9-7-11-25(19-23)27-15-17-30-31-18-16-28(26-12-8-10-24(2)20-26)22-33(31)34(3,32(30)21-27)29-13-5-4-6-14-29/h4-22H,1-3H3. The molecule has 1 aliphatic rings. The van der Waals surface area contributed by atoms with Gasteiger partial charge in [-0.15, -0.1) is 0 Å². The molecule has 0 saturated heterocycles. The molecule has 0 saturated carbocycles. The SMILES string of the molecule is Cc1cccc(-c2ccc3c(c2)C(C)(c2ccccc2)c2cc(-c4cccc(C)c4)ccc2-3)c1. The van der Waals surface area contributed by atoms with Crippen molar-refractivity contribution in [3.63, 3.8) is 0 Å². The number of rotatable bonds is 3. The molecule has 0 fully saturated rings. The summed E-state index contributed by atoms with van der Waals surface area (Å²) in [6.07, 6.45) is 0. The molecular weight excluding hydrogens is 408 g/mol. The van der Waals surface area contributed by atoms with Crippen molar-refractivity contribution in [2.75, 3.05) is 0 Å². The van der Waals surface area contributed by atoms with Crippen LogP contribution in [0.2, 0.25) is 0 Å². The van der Waals surface area contributed by atoms with Gasteiger partial charge in [-0.25, -0.2) is 0 Å². The van der Waals surface area contributed by atoms with E-state index in [0.717, 1.165) is 0 Å². The summed E-state index contributed by atoms with van der Waals surface area (Å²) in [6, 6.07) is 42.6. The summed E-state index contributed by atoms with van der Waals surface area (Å²) in [5.41, 5.74) is 14.2. The highest BCUT2D eigenvalue weighted by Crippen LogP contribution is 2.54. The van der Waals surface area contributed by atoms with E-state index in [1.54, 1.807) is 0 Å². The number of hydrogen-bond donors (Lipinski definition) is 0. The summed E-state index contributed by atoms with van der Waals surface area (Å²) in [5.74, 6) is 0. The Labute approximate surface area is 202 Å². The largest absolute Gasteiger partial charge is 0.0622 e. The van der Waals surface area contributed by atoms with E-state index < -0.39 is 0 Å². The lowest BCUT2D eigenvalue weighted by molar-refractivity contribution is 0.714. The van der Waals surface area contributed by atoms with Crippen molar-refractivity contribution in [1.82, 2.24) is 0 Å². The first-order chi connectivity index (χ1) is 16.5. The van der Waals surface area contributed by atoms with Crippen LogP contribution in [-0.4, -0.2) is 0 Å². The topological polar surface area (TPSA) is 0 Å². The molecule has 0 spiro atoms. The second-order valence-electron chi connectivity index (χ2n) is 9.75. The van der Waals surface area contributed by atoms with Crippen LogP contribution >= 0.6 is 0 Å². The Balaban J connectivity index is 1.59. The zero-order valence-electron chi connectivity index (χ0n) is 20.0. The molecule has 0 aliphatic heterocycles. The highest BCUT2D eigenvalue weighted by atomic mass is 14.4. The molecule has 164 valence electrons. The van der Waals surface area contributed by atoms with Gasteiger partial charge in [0.15, 0.2) is 0 Å². The van der Waals surface area contributed by atoms with Gasteiger partial charge >= 0.3 is 0 Å². The van der Waals surface area contributed by atoms with Crippen molar-refractivity contribution < 1.29 is 0 Å². The molecule has 5 aromatic rings. The fourth-order valence-electron chi connectivity index (χ4n) is 5.62. The first-order valence-corrected chi connectivity index (χ1v) is 12.0.